The molecule has 4 rings (SSSR count). The van der Waals surface area contributed by atoms with Crippen molar-refractivity contribution in [1.82, 2.24) is 9.78 Å². The van der Waals surface area contributed by atoms with E-state index in [4.69, 9.17) is 9.84 Å². The molecule has 0 amide bonds. The van der Waals surface area contributed by atoms with Crippen LogP contribution in [0.5, 0.6) is 5.75 Å². The van der Waals surface area contributed by atoms with Gasteiger partial charge in [0.25, 0.3) is 0 Å². The summed E-state index contributed by atoms with van der Waals surface area (Å²) >= 11 is 0. The fourth-order valence-corrected chi connectivity index (χ4v) is 3.12. The Morgan fingerprint density at radius 2 is 1.96 bits per heavy atom. The van der Waals surface area contributed by atoms with Gasteiger partial charge in [-0.2, -0.15) is 5.10 Å². The van der Waals surface area contributed by atoms with Crippen LogP contribution in [0.3, 0.4) is 0 Å². The first-order valence-corrected chi connectivity index (χ1v) is 9.21. The second-order valence-corrected chi connectivity index (χ2v) is 7.07. The first-order chi connectivity index (χ1) is 13.2. The molecular weight excluding hydrogens is 340 g/mol. The first kappa shape index (κ1) is 17.3. The zero-order valence-electron chi connectivity index (χ0n) is 15.0. The summed E-state index contributed by atoms with van der Waals surface area (Å²) in [5, 5.41) is 13.6. The molecule has 138 valence electrons. The third-order valence-corrected chi connectivity index (χ3v) is 4.72. The van der Waals surface area contributed by atoms with Gasteiger partial charge in [-0.05, 0) is 42.0 Å². The lowest BCUT2D eigenvalue weighted by Gasteiger charge is -2.12. The molecule has 0 bridgehead atoms. The summed E-state index contributed by atoms with van der Waals surface area (Å²) in [5.74, 6) is 0.632. The zero-order chi connectivity index (χ0) is 18.6. The fraction of sp³-hybridized carbons (Fsp3) is 0.273. The maximum Gasteiger partial charge on any atom is 0.307 e. The van der Waals surface area contributed by atoms with Crippen molar-refractivity contribution < 1.29 is 14.6 Å². The quantitative estimate of drug-likeness (QED) is 0.653. The normalized spacial score (nSPS) is 13.5. The number of aromatic nitrogens is 2. The molecule has 0 atom stereocenters. The van der Waals surface area contributed by atoms with Gasteiger partial charge in [-0.3, -0.25) is 9.48 Å². The van der Waals surface area contributed by atoms with E-state index >= 15 is 0 Å². The molecule has 0 saturated heterocycles. The monoisotopic (exact) mass is 362 g/mol. The Kier molecular flexibility index (Phi) is 4.92. The molecule has 1 aliphatic rings. The van der Waals surface area contributed by atoms with Crippen molar-refractivity contribution in [3.63, 3.8) is 0 Å². The van der Waals surface area contributed by atoms with Crippen molar-refractivity contribution >= 4 is 5.97 Å². The summed E-state index contributed by atoms with van der Waals surface area (Å²) in [7, 11) is 0. The lowest BCUT2D eigenvalue weighted by Crippen LogP contribution is -2.02. The molecule has 5 nitrogen and oxygen atoms in total. The Hall–Kier alpha value is -3.08. The van der Waals surface area contributed by atoms with Crippen molar-refractivity contribution in [3.05, 3.63) is 72.1 Å². The van der Waals surface area contributed by atoms with E-state index in [2.05, 4.69) is 5.10 Å². The number of carbonyl (C=O) groups is 1. The molecule has 5 heteroatoms. The van der Waals surface area contributed by atoms with E-state index in [0.717, 1.165) is 40.5 Å². The van der Waals surface area contributed by atoms with Gasteiger partial charge in [0, 0.05) is 23.9 Å². The summed E-state index contributed by atoms with van der Waals surface area (Å²) in [4.78, 5) is 11.1. The highest BCUT2D eigenvalue weighted by atomic mass is 16.5. The number of carboxylic acid groups (broad SMARTS) is 1. The first-order valence-electron chi connectivity index (χ1n) is 9.21. The Morgan fingerprint density at radius 3 is 2.70 bits per heavy atom. The van der Waals surface area contributed by atoms with Gasteiger partial charge in [0.1, 0.15) is 12.4 Å². The average molecular weight is 362 g/mol. The van der Waals surface area contributed by atoms with Crippen molar-refractivity contribution in [2.45, 2.75) is 32.4 Å². The van der Waals surface area contributed by atoms with Gasteiger partial charge >= 0.3 is 5.97 Å². The third kappa shape index (κ3) is 4.56. The van der Waals surface area contributed by atoms with E-state index in [9.17, 15) is 4.79 Å². The largest absolute Gasteiger partial charge is 0.488 e. The van der Waals surface area contributed by atoms with Gasteiger partial charge in [-0.1, -0.05) is 36.4 Å². The number of carboxylic acids is 1. The minimum absolute atomic E-state index is 0.0117. The summed E-state index contributed by atoms with van der Waals surface area (Å²) in [6, 6.07) is 15.5. The van der Waals surface area contributed by atoms with Crippen molar-refractivity contribution in [2.24, 2.45) is 5.92 Å². The van der Waals surface area contributed by atoms with Gasteiger partial charge in [-0.25, -0.2) is 0 Å². The molecule has 1 N–H and O–H groups in total. The Morgan fingerprint density at radius 1 is 1.15 bits per heavy atom. The molecule has 27 heavy (non-hydrogen) atoms. The van der Waals surface area contributed by atoms with E-state index in [1.54, 1.807) is 0 Å². The van der Waals surface area contributed by atoms with Gasteiger partial charge in [0.2, 0.25) is 0 Å². The maximum absolute atomic E-state index is 11.1. The van der Waals surface area contributed by atoms with E-state index in [1.165, 1.54) is 12.8 Å². The number of rotatable bonds is 8. The number of aliphatic carboxylic acids is 1. The van der Waals surface area contributed by atoms with Crippen LogP contribution in [-0.2, 0) is 24.4 Å². The summed E-state index contributed by atoms with van der Waals surface area (Å²) in [6.07, 6.45) is 6.39. The average Bonchev–Trinajstić information content (AvgIpc) is 3.36. The van der Waals surface area contributed by atoms with Crippen LogP contribution in [0.15, 0.2) is 60.9 Å². The molecule has 0 unspecified atom stereocenters. The molecular formula is C22H22N2O3. The van der Waals surface area contributed by atoms with Crippen LogP contribution in [-0.4, -0.2) is 20.9 Å². The molecule has 1 aromatic heterocycles. The van der Waals surface area contributed by atoms with E-state index in [1.807, 2.05) is 65.6 Å². The van der Waals surface area contributed by atoms with Gasteiger partial charge in [-0.15, -0.1) is 0 Å². The number of benzene rings is 2. The number of nitrogens with zero attached hydrogens (tertiary/aromatic N) is 2. The molecule has 1 saturated carbocycles. The van der Waals surface area contributed by atoms with E-state index in [-0.39, 0.29) is 6.42 Å². The molecule has 3 aromatic rings. The van der Waals surface area contributed by atoms with Crippen molar-refractivity contribution in [3.8, 4) is 16.9 Å². The Balaban J connectivity index is 1.60. The predicted octanol–water partition coefficient (Wildman–Crippen LogP) is 4.17. The highest BCUT2D eigenvalue weighted by molar-refractivity contribution is 5.74. The van der Waals surface area contributed by atoms with Crippen molar-refractivity contribution in [2.75, 3.05) is 0 Å². The van der Waals surface area contributed by atoms with Crippen molar-refractivity contribution in [1.29, 1.82) is 0 Å². The second-order valence-electron chi connectivity index (χ2n) is 7.07. The second kappa shape index (κ2) is 7.66. The lowest BCUT2D eigenvalue weighted by molar-refractivity contribution is -0.136. The van der Waals surface area contributed by atoms with Gasteiger partial charge in [0.15, 0.2) is 0 Å². The molecule has 0 radical (unpaired) electrons. The third-order valence-electron chi connectivity index (χ3n) is 4.72. The SMILES string of the molecule is O=C(O)Cc1ccc(OCc2ccccc2)c(-c2cnn(CC3CC3)c2)c1. The van der Waals surface area contributed by atoms with E-state index < -0.39 is 5.97 Å². The fourth-order valence-electron chi connectivity index (χ4n) is 3.12. The summed E-state index contributed by atoms with van der Waals surface area (Å²) < 4.78 is 8.03. The van der Waals surface area contributed by atoms with Crippen LogP contribution in [0.25, 0.3) is 11.1 Å². The molecule has 0 aliphatic heterocycles. The number of hydrogen-bond acceptors (Lipinski definition) is 3. The molecule has 0 spiro atoms. The van der Waals surface area contributed by atoms with Gasteiger partial charge in [0.05, 0.1) is 12.6 Å². The molecule has 2 aromatic carbocycles. The van der Waals surface area contributed by atoms with Crippen LogP contribution < -0.4 is 4.74 Å². The van der Waals surface area contributed by atoms with Crippen LogP contribution >= 0.6 is 0 Å². The van der Waals surface area contributed by atoms with Crippen LogP contribution in [0.2, 0.25) is 0 Å². The Labute approximate surface area is 158 Å². The summed E-state index contributed by atoms with van der Waals surface area (Å²) in [5.41, 5.74) is 3.67. The minimum atomic E-state index is -0.844. The molecule has 1 aliphatic carbocycles. The zero-order valence-corrected chi connectivity index (χ0v) is 15.0. The van der Waals surface area contributed by atoms with E-state index in [0.29, 0.717) is 6.61 Å². The highest BCUT2D eigenvalue weighted by Gasteiger charge is 2.22. The molecule has 1 heterocycles. The Bertz CT molecular complexity index is 930. The topological polar surface area (TPSA) is 64.3 Å². The highest BCUT2D eigenvalue weighted by Crippen LogP contribution is 2.34. The van der Waals surface area contributed by atoms with Crippen LogP contribution in [0.1, 0.15) is 24.0 Å². The van der Waals surface area contributed by atoms with Crippen LogP contribution in [0.4, 0.5) is 0 Å². The standard InChI is InChI=1S/C22H22N2O3/c25-22(26)11-18-8-9-21(27-15-17-4-2-1-3-5-17)20(10-18)19-12-23-24(14-19)13-16-6-7-16/h1-5,8-10,12,14,16H,6-7,11,13,15H2,(H,25,26). The van der Waals surface area contributed by atoms with Gasteiger partial charge < -0.3 is 9.84 Å². The number of ether oxygens (including phenoxy) is 1. The maximum atomic E-state index is 11.1. The minimum Gasteiger partial charge on any atom is -0.488 e. The van der Waals surface area contributed by atoms with Crippen LogP contribution in [0, 0.1) is 5.92 Å². The lowest BCUT2D eigenvalue weighted by atomic mass is 10.0. The predicted molar refractivity (Wildman–Crippen MR) is 103 cm³/mol. The molecule has 1 fully saturated rings. The number of hydrogen-bond donors (Lipinski definition) is 1. The summed E-state index contributed by atoms with van der Waals surface area (Å²) in [6.45, 7) is 1.40. The smallest absolute Gasteiger partial charge is 0.307 e.